The van der Waals surface area contributed by atoms with Crippen molar-refractivity contribution in [3.8, 4) is 5.75 Å². The van der Waals surface area contributed by atoms with Gasteiger partial charge in [-0.25, -0.2) is 23.2 Å². The summed E-state index contributed by atoms with van der Waals surface area (Å²) in [6.07, 6.45) is 4.64. The smallest absolute Gasteiger partial charge is 0.267 e. The first-order valence-corrected chi connectivity index (χ1v) is 9.17. The van der Waals surface area contributed by atoms with Crippen LogP contribution in [0.4, 0.5) is 5.82 Å². The molecule has 8 nitrogen and oxygen atoms in total. The number of fused-ring (bicyclic) bond motifs is 1. The highest BCUT2D eigenvalue weighted by Crippen LogP contribution is 2.32. The predicted octanol–water partition coefficient (Wildman–Crippen LogP) is 1.36. The van der Waals surface area contributed by atoms with Gasteiger partial charge in [-0.3, -0.25) is 10.0 Å². The Kier molecular flexibility index (Phi) is 4.92. The molecule has 1 aliphatic heterocycles. The second-order valence-electron chi connectivity index (χ2n) is 5.56. The van der Waals surface area contributed by atoms with Gasteiger partial charge in [0.05, 0.1) is 12.0 Å². The van der Waals surface area contributed by atoms with Crippen LogP contribution in [0.3, 0.4) is 0 Å². The van der Waals surface area contributed by atoms with E-state index in [4.69, 9.17) is 9.94 Å². The fourth-order valence-electron chi connectivity index (χ4n) is 2.67. The number of carbonyl (C=O) groups is 1. The summed E-state index contributed by atoms with van der Waals surface area (Å²) in [4.78, 5) is 15.5. The molecule has 1 aliphatic rings. The highest BCUT2D eigenvalue weighted by atomic mass is 32.2. The van der Waals surface area contributed by atoms with E-state index < -0.39 is 15.9 Å². The number of anilines is 1. The maximum Gasteiger partial charge on any atom is 0.267 e. The fraction of sp³-hybridized carbons (Fsp3) is 0.176. The highest BCUT2D eigenvalue weighted by Gasteiger charge is 2.32. The second kappa shape index (κ2) is 7.14. The van der Waals surface area contributed by atoms with Gasteiger partial charge in [-0.15, -0.1) is 0 Å². The van der Waals surface area contributed by atoms with Gasteiger partial charge in [-0.1, -0.05) is 0 Å². The van der Waals surface area contributed by atoms with Crippen LogP contribution in [0.5, 0.6) is 5.75 Å². The number of rotatable bonds is 5. The molecule has 136 valence electrons. The quantitative estimate of drug-likeness (QED) is 0.464. The minimum Gasteiger partial charge on any atom is -0.497 e. The summed E-state index contributed by atoms with van der Waals surface area (Å²) in [5.41, 5.74) is 2.91. The van der Waals surface area contributed by atoms with E-state index in [9.17, 15) is 13.2 Å². The van der Waals surface area contributed by atoms with Crippen LogP contribution in [0.2, 0.25) is 0 Å². The van der Waals surface area contributed by atoms with Gasteiger partial charge in [0, 0.05) is 18.8 Å². The summed E-state index contributed by atoms with van der Waals surface area (Å²) in [6.45, 7) is 0.293. The van der Waals surface area contributed by atoms with Crippen LogP contribution in [-0.2, 0) is 21.2 Å². The Hall–Kier alpha value is -2.91. The summed E-state index contributed by atoms with van der Waals surface area (Å²) in [7, 11) is -2.21. The van der Waals surface area contributed by atoms with Crippen LogP contribution in [-0.4, -0.2) is 38.2 Å². The zero-order chi connectivity index (χ0) is 18.7. The van der Waals surface area contributed by atoms with Gasteiger partial charge in [0.25, 0.3) is 15.9 Å². The summed E-state index contributed by atoms with van der Waals surface area (Å²) in [6, 6.07) is 7.95. The van der Waals surface area contributed by atoms with Crippen LogP contribution in [0.25, 0.3) is 6.08 Å². The number of pyridine rings is 1. The molecule has 0 atom stereocenters. The van der Waals surface area contributed by atoms with Gasteiger partial charge in [0.15, 0.2) is 0 Å². The molecule has 0 saturated carbocycles. The number of hydroxylamine groups is 1. The third-order valence-electron chi connectivity index (χ3n) is 3.97. The number of benzene rings is 1. The SMILES string of the molecule is COc1ccc(S(=O)(=O)N2CCc3cc(C=CC(=O)NO)cnc32)cc1. The molecule has 0 bridgehead atoms. The molecule has 0 saturated heterocycles. The first-order chi connectivity index (χ1) is 12.5. The van der Waals surface area contributed by atoms with E-state index in [-0.39, 0.29) is 4.90 Å². The molecule has 2 heterocycles. The Morgan fingerprint density at radius 3 is 2.73 bits per heavy atom. The molecule has 2 N–H and O–H groups in total. The standard InChI is InChI=1S/C17H17N3O5S/c1-25-14-3-5-15(6-4-14)26(23,24)20-9-8-13-10-12(11-18-17(13)20)2-7-16(21)19-22/h2-7,10-11,22H,8-9H2,1H3,(H,19,21). The van der Waals surface area contributed by atoms with Crippen molar-refractivity contribution >= 4 is 27.8 Å². The topological polar surface area (TPSA) is 109 Å². The lowest BCUT2D eigenvalue weighted by Crippen LogP contribution is -2.29. The van der Waals surface area contributed by atoms with E-state index in [2.05, 4.69) is 4.98 Å². The Labute approximate surface area is 150 Å². The minimum absolute atomic E-state index is 0.163. The average molecular weight is 375 g/mol. The van der Waals surface area contributed by atoms with E-state index in [0.717, 1.165) is 11.6 Å². The summed E-state index contributed by atoms with van der Waals surface area (Å²) < 4.78 is 32.1. The molecule has 26 heavy (non-hydrogen) atoms. The molecular weight excluding hydrogens is 358 g/mol. The molecular formula is C17H17N3O5S. The van der Waals surface area contributed by atoms with Crippen LogP contribution >= 0.6 is 0 Å². The van der Waals surface area contributed by atoms with Crippen molar-refractivity contribution < 1.29 is 23.2 Å². The molecule has 9 heteroatoms. The van der Waals surface area contributed by atoms with Crippen molar-refractivity contribution in [1.82, 2.24) is 10.5 Å². The zero-order valence-corrected chi connectivity index (χ0v) is 14.7. The number of methoxy groups -OCH3 is 1. The number of aromatic nitrogens is 1. The lowest BCUT2D eigenvalue weighted by atomic mass is 10.1. The Morgan fingerprint density at radius 1 is 1.35 bits per heavy atom. The van der Waals surface area contributed by atoms with Gasteiger partial charge < -0.3 is 4.74 Å². The number of nitrogens with zero attached hydrogens (tertiary/aromatic N) is 2. The van der Waals surface area contributed by atoms with E-state index in [1.165, 1.54) is 41.3 Å². The number of amides is 1. The number of hydrogen-bond donors (Lipinski definition) is 2. The molecule has 0 aliphatic carbocycles. The van der Waals surface area contributed by atoms with Gasteiger partial charge in [0.1, 0.15) is 11.6 Å². The van der Waals surface area contributed by atoms with Crippen molar-refractivity contribution in [3.63, 3.8) is 0 Å². The molecule has 2 aromatic rings. The summed E-state index contributed by atoms with van der Waals surface area (Å²) in [5.74, 6) is 0.297. The van der Waals surface area contributed by atoms with Crippen LogP contribution in [0.1, 0.15) is 11.1 Å². The van der Waals surface area contributed by atoms with Gasteiger partial charge in [-0.2, -0.15) is 0 Å². The van der Waals surface area contributed by atoms with E-state index >= 15 is 0 Å². The van der Waals surface area contributed by atoms with Gasteiger partial charge in [0.2, 0.25) is 0 Å². The first kappa shape index (κ1) is 17.9. The van der Waals surface area contributed by atoms with Crippen LogP contribution in [0.15, 0.2) is 47.5 Å². The maximum atomic E-state index is 12.9. The molecule has 0 fully saturated rings. The predicted molar refractivity (Wildman–Crippen MR) is 94.4 cm³/mol. The molecule has 1 aromatic heterocycles. The van der Waals surface area contributed by atoms with E-state index in [1.807, 2.05) is 0 Å². The number of sulfonamides is 1. The van der Waals surface area contributed by atoms with Crippen molar-refractivity contribution in [3.05, 3.63) is 53.7 Å². The van der Waals surface area contributed by atoms with Crippen molar-refractivity contribution in [2.24, 2.45) is 0 Å². The maximum absolute atomic E-state index is 12.9. The lowest BCUT2D eigenvalue weighted by molar-refractivity contribution is -0.124. The van der Waals surface area contributed by atoms with Gasteiger partial charge >= 0.3 is 0 Å². The summed E-state index contributed by atoms with van der Waals surface area (Å²) in [5, 5.41) is 8.49. The Bertz CT molecular complexity index is 955. The first-order valence-electron chi connectivity index (χ1n) is 7.73. The number of carbonyl (C=O) groups excluding carboxylic acids is 1. The average Bonchev–Trinajstić information content (AvgIpc) is 3.10. The number of hydrogen-bond acceptors (Lipinski definition) is 6. The van der Waals surface area contributed by atoms with E-state index in [1.54, 1.807) is 18.2 Å². The highest BCUT2D eigenvalue weighted by molar-refractivity contribution is 7.92. The van der Waals surface area contributed by atoms with Crippen molar-refractivity contribution in [2.75, 3.05) is 18.0 Å². The Morgan fingerprint density at radius 2 is 2.08 bits per heavy atom. The van der Waals surface area contributed by atoms with Crippen molar-refractivity contribution in [1.29, 1.82) is 0 Å². The molecule has 3 rings (SSSR count). The third-order valence-corrected chi connectivity index (χ3v) is 5.77. The zero-order valence-electron chi connectivity index (χ0n) is 13.9. The van der Waals surface area contributed by atoms with Gasteiger partial charge in [-0.05, 0) is 54.0 Å². The van der Waals surface area contributed by atoms with E-state index in [0.29, 0.717) is 30.1 Å². The molecule has 0 radical (unpaired) electrons. The lowest BCUT2D eigenvalue weighted by Gasteiger charge is -2.18. The molecule has 1 aromatic carbocycles. The van der Waals surface area contributed by atoms with Crippen LogP contribution < -0.4 is 14.5 Å². The van der Waals surface area contributed by atoms with Crippen molar-refractivity contribution in [2.45, 2.75) is 11.3 Å². The second-order valence-corrected chi connectivity index (χ2v) is 7.43. The fourth-order valence-corrected chi connectivity index (χ4v) is 4.13. The largest absolute Gasteiger partial charge is 0.497 e. The number of nitrogens with one attached hydrogen (secondary N) is 1. The minimum atomic E-state index is -3.72. The van der Waals surface area contributed by atoms with Crippen LogP contribution in [0, 0.1) is 0 Å². The monoisotopic (exact) mass is 375 g/mol. The summed E-state index contributed by atoms with van der Waals surface area (Å²) >= 11 is 0. The third kappa shape index (κ3) is 3.39. The number of ether oxygens (including phenoxy) is 1. The normalized spacial score (nSPS) is 13.7. The molecule has 1 amide bonds. The molecule has 0 unspecified atom stereocenters. The molecule has 0 spiro atoms. The Balaban J connectivity index is 1.88.